The Kier molecular flexibility index (Phi) is 4.27. The van der Waals surface area contributed by atoms with E-state index in [0.29, 0.717) is 25.9 Å². The lowest BCUT2D eigenvalue weighted by atomic mass is 9.93. The van der Waals surface area contributed by atoms with E-state index in [9.17, 15) is 9.59 Å². The maximum absolute atomic E-state index is 11.5. The molecule has 1 saturated heterocycles. The average Bonchev–Trinajstić information content (AvgIpc) is 2.21. The zero-order valence-electron chi connectivity index (χ0n) is 9.40. The summed E-state index contributed by atoms with van der Waals surface area (Å²) < 4.78 is 0. The molecule has 1 rings (SSSR count). The first-order valence-corrected chi connectivity index (χ1v) is 5.59. The smallest absolute Gasteiger partial charge is 0.320 e. The SMILES string of the molecule is CCC1CN(C(CC)C(=O)O)CCC1=O. The van der Waals surface area contributed by atoms with Crippen LogP contribution in [0.5, 0.6) is 0 Å². The molecule has 1 heterocycles. The van der Waals surface area contributed by atoms with E-state index in [2.05, 4.69) is 0 Å². The topological polar surface area (TPSA) is 57.6 Å². The Morgan fingerprint density at radius 3 is 2.73 bits per heavy atom. The Morgan fingerprint density at radius 2 is 2.27 bits per heavy atom. The normalized spacial score (nSPS) is 25.2. The number of carbonyl (C=O) groups excluding carboxylic acids is 1. The fourth-order valence-corrected chi connectivity index (χ4v) is 2.16. The first-order valence-electron chi connectivity index (χ1n) is 5.59. The summed E-state index contributed by atoms with van der Waals surface area (Å²) in [5.41, 5.74) is 0. The summed E-state index contributed by atoms with van der Waals surface area (Å²) in [6, 6.07) is -0.424. The Balaban J connectivity index is 2.64. The van der Waals surface area contributed by atoms with Crippen molar-refractivity contribution in [3.63, 3.8) is 0 Å². The summed E-state index contributed by atoms with van der Waals surface area (Å²) in [6.45, 7) is 5.06. The number of rotatable bonds is 4. The molecule has 0 radical (unpaired) electrons. The first-order chi connectivity index (χ1) is 7.10. The van der Waals surface area contributed by atoms with Crippen LogP contribution >= 0.6 is 0 Å². The van der Waals surface area contributed by atoms with E-state index >= 15 is 0 Å². The molecule has 1 N–H and O–H groups in total. The van der Waals surface area contributed by atoms with Gasteiger partial charge in [-0.1, -0.05) is 13.8 Å². The van der Waals surface area contributed by atoms with Gasteiger partial charge in [-0.3, -0.25) is 14.5 Å². The van der Waals surface area contributed by atoms with Crippen LogP contribution in [0.2, 0.25) is 0 Å². The zero-order valence-corrected chi connectivity index (χ0v) is 9.40. The minimum atomic E-state index is -0.776. The van der Waals surface area contributed by atoms with Crippen molar-refractivity contribution in [2.24, 2.45) is 5.92 Å². The van der Waals surface area contributed by atoms with Gasteiger partial charge in [0, 0.05) is 25.4 Å². The second kappa shape index (κ2) is 5.26. The molecule has 1 aliphatic rings. The molecular formula is C11H19NO3. The molecule has 1 aliphatic heterocycles. The number of carboxylic acid groups (broad SMARTS) is 1. The number of ketones is 1. The van der Waals surface area contributed by atoms with Crippen LogP contribution in [0.4, 0.5) is 0 Å². The van der Waals surface area contributed by atoms with Gasteiger partial charge in [0.2, 0.25) is 0 Å². The highest BCUT2D eigenvalue weighted by molar-refractivity contribution is 5.82. The van der Waals surface area contributed by atoms with Gasteiger partial charge in [0.25, 0.3) is 0 Å². The predicted octanol–water partition coefficient (Wildman–Crippen LogP) is 1.15. The van der Waals surface area contributed by atoms with Crippen LogP contribution < -0.4 is 0 Å². The third-order valence-electron chi connectivity index (χ3n) is 3.16. The molecule has 0 saturated carbocycles. The lowest BCUT2D eigenvalue weighted by Gasteiger charge is -2.34. The summed E-state index contributed by atoms with van der Waals surface area (Å²) >= 11 is 0. The summed E-state index contributed by atoms with van der Waals surface area (Å²) in [7, 11) is 0. The average molecular weight is 213 g/mol. The number of likely N-dealkylation sites (tertiary alicyclic amines) is 1. The van der Waals surface area contributed by atoms with Crippen LogP contribution in [-0.4, -0.2) is 40.9 Å². The second-order valence-electron chi connectivity index (χ2n) is 4.08. The van der Waals surface area contributed by atoms with E-state index in [4.69, 9.17) is 5.11 Å². The van der Waals surface area contributed by atoms with Gasteiger partial charge in [0.15, 0.2) is 0 Å². The van der Waals surface area contributed by atoms with E-state index in [1.165, 1.54) is 0 Å². The molecule has 0 aromatic heterocycles. The lowest BCUT2D eigenvalue weighted by Crippen LogP contribution is -2.49. The molecular weight excluding hydrogens is 194 g/mol. The Morgan fingerprint density at radius 1 is 1.60 bits per heavy atom. The van der Waals surface area contributed by atoms with Gasteiger partial charge in [-0.05, 0) is 12.8 Å². The minimum absolute atomic E-state index is 0.0344. The van der Waals surface area contributed by atoms with Crippen molar-refractivity contribution in [3.05, 3.63) is 0 Å². The van der Waals surface area contributed by atoms with E-state index in [-0.39, 0.29) is 11.7 Å². The maximum Gasteiger partial charge on any atom is 0.320 e. The standard InChI is InChI=1S/C11H19NO3/c1-3-8-7-12(6-5-10(8)13)9(4-2)11(14)15/h8-9H,3-7H2,1-2H3,(H,14,15). The zero-order chi connectivity index (χ0) is 11.4. The highest BCUT2D eigenvalue weighted by Gasteiger charge is 2.32. The molecule has 0 aromatic rings. The molecule has 2 unspecified atom stereocenters. The number of hydrogen-bond acceptors (Lipinski definition) is 3. The van der Waals surface area contributed by atoms with Gasteiger partial charge in [-0.25, -0.2) is 0 Å². The molecule has 0 spiro atoms. The number of aliphatic carboxylic acids is 1. The monoisotopic (exact) mass is 213 g/mol. The third-order valence-corrected chi connectivity index (χ3v) is 3.16. The maximum atomic E-state index is 11.5. The predicted molar refractivity (Wildman–Crippen MR) is 56.7 cm³/mol. The summed E-state index contributed by atoms with van der Waals surface area (Å²) in [5, 5.41) is 9.02. The first kappa shape index (κ1) is 12.2. The Hall–Kier alpha value is -0.900. The summed E-state index contributed by atoms with van der Waals surface area (Å²) in [6.07, 6.45) is 1.91. The van der Waals surface area contributed by atoms with Crippen molar-refractivity contribution in [2.75, 3.05) is 13.1 Å². The van der Waals surface area contributed by atoms with E-state index in [0.717, 1.165) is 6.42 Å². The van der Waals surface area contributed by atoms with Gasteiger partial charge >= 0.3 is 5.97 Å². The Labute approximate surface area is 90.3 Å². The van der Waals surface area contributed by atoms with Gasteiger partial charge < -0.3 is 5.11 Å². The van der Waals surface area contributed by atoms with Crippen LogP contribution in [-0.2, 0) is 9.59 Å². The summed E-state index contributed by atoms with van der Waals surface area (Å²) in [4.78, 5) is 24.4. The molecule has 86 valence electrons. The van der Waals surface area contributed by atoms with Gasteiger partial charge in [0.05, 0.1) is 0 Å². The van der Waals surface area contributed by atoms with Crippen molar-refractivity contribution in [2.45, 2.75) is 39.2 Å². The van der Waals surface area contributed by atoms with Crippen molar-refractivity contribution in [1.82, 2.24) is 4.90 Å². The minimum Gasteiger partial charge on any atom is -0.480 e. The van der Waals surface area contributed by atoms with Crippen molar-refractivity contribution >= 4 is 11.8 Å². The largest absolute Gasteiger partial charge is 0.480 e. The number of piperidine rings is 1. The summed E-state index contributed by atoms with van der Waals surface area (Å²) in [5.74, 6) is -0.456. The second-order valence-corrected chi connectivity index (χ2v) is 4.08. The highest BCUT2D eigenvalue weighted by atomic mass is 16.4. The van der Waals surface area contributed by atoms with Crippen molar-refractivity contribution in [3.8, 4) is 0 Å². The quantitative estimate of drug-likeness (QED) is 0.761. The fourth-order valence-electron chi connectivity index (χ4n) is 2.16. The molecule has 0 aromatic carbocycles. The third kappa shape index (κ3) is 2.78. The number of nitrogens with zero attached hydrogens (tertiary/aromatic N) is 1. The van der Waals surface area contributed by atoms with Gasteiger partial charge in [-0.2, -0.15) is 0 Å². The molecule has 4 nitrogen and oxygen atoms in total. The molecule has 2 atom stereocenters. The lowest BCUT2D eigenvalue weighted by molar-refractivity contribution is -0.146. The van der Waals surface area contributed by atoms with Crippen LogP contribution in [0.25, 0.3) is 0 Å². The number of carbonyl (C=O) groups is 2. The van der Waals surface area contributed by atoms with Crippen LogP contribution in [0.1, 0.15) is 33.1 Å². The van der Waals surface area contributed by atoms with Crippen LogP contribution in [0.3, 0.4) is 0 Å². The molecule has 1 fully saturated rings. The molecule has 15 heavy (non-hydrogen) atoms. The number of hydrogen-bond donors (Lipinski definition) is 1. The van der Waals surface area contributed by atoms with E-state index in [1.807, 2.05) is 18.7 Å². The molecule has 0 aliphatic carbocycles. The molecule has 0 bridgehead atoms. The van der Waals surface area contributed by atoms with Gasteiger partial charge in [0.1, 0.15) is 11.8 Å². The van der Waals surface area contributed by atoms with Crippen molar-refractivity contribution < 1.29 is 14.7 Å². The van der Waals surface area contributed by atoms with Gasteiger partial charge in [-0.15, -0.1) is 0 Å². The number of carboxylic acids is 1. The molecule has 0 amide bonds. The molecule has 4 heteroatoms. The van der Waals surface area contributed by atoms with E-state index in [1.54, 1.807) is 0 Å². The van der Waals surface area contributed by atoms with Crippen LogP contribution in [0.15, 0.2) is 0 Å². The fraction of sp³-hybridized carbons (Fsp3) is 0.818. The van der Waals surface area contributed by atoms with Crippen LogP contribution in [0, 0.1) is 5.92 Å². The van der Waals surface area contributed by atoms with E-state index < -0.39 is 12.0 Å². The van der Waals surface area contributed by atoms with Crippen molar-refractivity contribution in [1.29, 1.82) is 0 Å². The Bertz CT molecular complexity index is 252. The highest BCUT2D eigenvalue weighted by Crippen LogP contribution is 2.19. The number of Topliss-reactive ketones (excluding diaryl/α,β-unsaturated/α-hetero) is 1.